The molecule has 270 valence electrons. The summed E-state index contributed by atoms with van der Waals surface area (Å²) in [5.41, 5.74) is 0.944. The van der Waals surface area contributed by atoms with E-state index in [0.29, 0.717) is 28.4 Å². The van der Waals surface area contributed by atoms with Gasteiger partial charge in [-0.15, -0.1) is 0 Å². The number of nitrogens with zero attached hydrogens (tertiary/aromatic N) is 4. The van der Waals surface area contributed by atoms with Crippen LogP contribution in [0.1, 0.15) is 40.4 Å². The zero-order chi connectivity index (χ0) is 36.2. The summed E-state index contributed by atoms with van der Waals surface area (Å²) in [4.78, 5) is 28.9. The van der Waals surface area contributed by atoms with Crippen molar-refractivity contribution < 1.29 is 45.7 Å². The predicted molar refractivity (Wildman–Crippen MR) is 179 cm³/mol. The molecule has 0 radical (unpaired) electrons. The standard InChI is InChI=1S/C33H36Cl2F2N4O8S/c1-38(2)32(43)23-4-3-5-24(14-23)50(45,46)41-12-10-39(11-13-41)19-31(42)48-29(16-25-26(34)17-40(44)18-27(25)35)22-8-9-28(49-33(36)37)30(15-22)47-20-21-6-7-21/h3-5,8-9,14-15,17-18,21,29,33H,6-7,10-13,16,19-20H2,1-2H3/t29-/m0/s1. The van der Waals surface area contributed by atoms with Gasteiger partial charge in [0, 0.05) is 57.8 Å². The molecule has 5 rings (SSSR count). The van der Waals surface area contributed by atoms with Crippen molar-refractivity contribution in [1.82, 2.24) is 14.1 Å². The second kappa shape index (κ2) is 16.1. The van der Waals surface area contributed by atoms with Gasteiger partial charge in [0.2, 0.25) is 10.0 Å². The number of aromatic nitrogens is 1. The molecule has 1 aliphatic heterocycles. The van der Waals surface area contributed by atoms with Gasteiger partial charge in [-0.2, -0.15) is 17.8 Å². The van der Waals surface area contributed by atoms with Gasteiger partial charge in [0.05, 0.1) is 18.0 Å². The molecule has 1 saturated heterocycles. The first-order valence-corrected chi connectivity index (χ1v) is 17.9. The van der Waals surface area contributed by atoms with Crippen LogP contribution < -0.4 is 14.2 Å². The number of amides is 1. The second-order valence-corrected chi connectivity index (χ2v) is 15.0. The highest BCUT2D eigenvalue weighted by Crippen LogP contribution is 2.38. The van der Waals surface area contributed by atoms with E-state index in [1.54, 1.807) is 25.1 Å². The number of carbonyl (C=O) groups is 2. The summed E-state index contributed by atoms with van der Waals surface area (Å²) in [6, 6.07) is 10.1. The van der Waals surface area contributed by atoms with Crippen LogP contribution in [0, 0.1) is 11.1 Å². The number of alkyl halides is 2. The fourth-order valence-corrected chi connectivity index (χ4v) is 7.43. The number of hydrogen-bond donors (Lipinski definition) is 0. The number of rotatable bonds is 14. The fraction of sp³-hybridized carbons (Fsp3) is 0.424. The molecule has 12 nitrogen and oxygen atoms in total. The molecular formula is C33H36Cl2F2N4O8S. The lowest BCUT2D eigenvalue weighted by Gasteiger charge is -2.33. The average molecular weight is 758 g/mol. The summed E-state index contributed by atoms with van der Waals surface area (Å²) in [6.45, 7) is -2.38. The molecule has 2 aliphatic rings. The van der Waals surface area contributed by atoms with Crippen molar-refractivity contribution in [2.45, 2.75) is 36.9 Å². The highest BCUT2D eigenvalue weighted by molar-refractivity contribution is 7.89. The SMILES string of the molecule is CN(C)C(=O)c1cccc(S(=O)(=O)N2CCN(CC(=O)O[C@@H](Cc3c(Cl)c[n+]([O-])cc3Cl)c3ccc(OC(F)F)c(OCC4CC4)c3)CC2)c1. The van der Waals surface area contributed by atoms with E-state index in [2.05, 4.69) is 4.74 Å². The lowest BCUT2D eigenvalue weighted by Crippen LogP contribution is -2.50. The predicted octanol–water partition coefficient (Wildman–Crippen LogP) is 4.55. The number of piperazine rings is 1. The maximum Gasteiger partial charge on any atom is 0.387 e. The van der Waals surface area contributed by atoms with Gasteiger partial charge in [-0.05, 0) is 54.7 Å². The third kappa shape index (κ3) is 9.51. The summed E-state index contributed by atoms with van der Waals surface area (Å²) >= 11 is 12.7. The van der Waals surface area contributed by atoms with Crippen LogP contribution in [0.2, 0.25) is 10.0 Å². The van der Waals surface area contributed by atoms with E-state index in [1.165, 1.54) is 45.6 Å². The zero-order valence-corrected chi connectivity index (χ0v) is 29.6. The Morgan fingerprint density at radius 1 is 1.02 bits per heavy atom. The van der Waals surface area contributed by atoms with Crippen molar-refractivity contribution in [3.05, 3.63) is 86.8 Å². The molecule has 0 N–H and O–H groups in total. The third-order valence-electron chi connectivity index (χ3n) is 8.26. The van der Waals surface area contributed by atoms with E-state index in [4.69, 9.17) is 32.7 Å². The van der Waals surface area contributed by atoms with E-state index >= 15 is 0 Å². The molecule has 2 aromatic carbocycles. The Bertz CT molecular complexity index is 1800. The average Bonchev–Trinajstić information content (AvgIpc) is 3.90. The summed E-state index contributed by atoms with van der Waals surface area (Å²) < 4.78 is 71.2. The number of ether oxygens (including phenoxy) is 3. The Labute approximate surface area is 298 Å². The highest BCUT2D eigenvalue weighted by atomic mass is 35.5. The molecule has 1 atom stereocenters. The minimum atomic E-state index is -3.92. The van der Waals surface area contributed by atoms with Crippen molar-refractivity contribution in [2.24, 2.45) is 5.92 Å². The Balaban J connectivity index is 1.30. The first-order chi connectivity index (χ1) is 23.7. The Morgan fingerprint density at radius 2 is 1.70 bits per heavy atom. The van der Waals surface area contributed by atoms with Gasteiger partial charge in [0.1, 0.15) is 16.1 Å². The molecule has 50 heavy (non-hydrogen) atoms. The van der Waals surface area contributed by atoms with Crippen LogP contribution in [-0.4, -0.2) is 94.4 Å². The molecule has 2 heterocycles. The molecule has 17 heteroatoms. The minimum Gasteiger partial charge on any atom is -0.619 e. The van der Waals surface area contributed by atoms with Crippen LogP contribution >= 0.6 is 23.2 Å². The van der Waals surface area contributed by atoms with Crippen molar-refractivity contribution in [2.75, 3.05) is 53.4 Å². The molecule has 1 aliphatic carbocycles. The maximum atomic E-state index is 13.4. The molecule has 0 spiro atoms. The van der Waals surface area contributed by atoms with Crippen LogP contribution in [0.3, 0.4) is 0 Å². The lowest BCUT2D eigenvalue weighted by molar-refractivity contribution is -0.605. The normalized spacial score (nSPS) is 16.2. The smallest absolute Gasteiger partial charge is 0.387 e. The van der Waals surface area contributed by atoms with Gasteiger partial charge in [-0.1, -0.05) is 35.3 Å². The monoisotopic (exact) mass is 756 g/mol. The van der Waals surface area contributed by atoms with Crippen molar-refractivity contribution >= 4 is 45.1 Å². The Kier molecular flexibility index (Phi) is 12.0. The molecule has 1 amide bonds. The van der Waals surface area contributed by atoms with E-state index in [-0.39, 0.29) is 77.1 Å². The summed E-state index contributed by atoms with van der Waals surface area (Å²) in [7, 11) is -0.762. The third-order valence-corrected chi connectivity index (χ3v) is 10.8. The molecule has 2 fully saturated rings. The van der Waals surface area contributed by atoms with Crippen LogP contribution in [0.5, 0.6) is 11.5 Å². The van der Waals surface area contributed by atoms with Gasteiger partial charge >= 0.3 is 12.6 Å². The van der Waals surface area contributed by atoms with Gasteiger partial charge in [0.15, 0.2) is 23.9 Å². The van der Waals surface area contributed by atoms with Crippen LogP contribution in [0.15, 0.2) is 59.8 Å². The van der Waals surface area contributed by atoms with Crippen molar-refractivity contribution in [3.8, 4) is 11.5 Å². The lowest BCUT2D eigenvalue weighted by atomic mass is 10.0. The fourth-order valence-electron chi connectivity index (χ4n) is 5.37. The number of pyridine rings is 1. The first kappa shape index (κ1) is 37.5. The topological polar surface area (TPSA) is 133 Å². The number of sulfonamides is 1. The van der Waals surface area contributed by atoms with Crippen molar-refractivity contribution in [1.29, 1.82) is 0 Å². The quantitative estimate of drug-likeness (QED) is 0.132. The molecule has 1 saturated carbocycles. The minimum absolute atomic E-state index is 0.00733. The summed E-state index contributed by atoms with van der Waals surface area (Å²) in [5, 5.41) is 11.9. The summed E-state index contributed by atoms with van der Waals surface area (Å²) in [6.07, 6.45) is 3.03. The number of benzene rings is 2. The summed E-state index contributed by atoms with van der Waals surface area (Å²) in [5.74, 6) is -0.806. The first-order valence-electron chi connectivity index (χ1n) is 15.7. The number of esters is 1. The molecule has 0 unspecified atom stereocenters. The molecular weight excluding hydrogens is 721 g/mol. The van der Waals surface area contributed by atoms with Gasteiger partial charge in [-0.3, -0.25) is 14.5 Å². The number of carbonyl (C=O) groups excluding carboxylic acids is 2. The maximum absolute atomic E-state index is 13.4. The molecule has 0 bridgehead atoms. The second-order valence-electron chi connectivity index (χ2n) is 12.2. The number of halogens is 4. The van der Waals surface area contributed by atoms with Gasteiger partial charge in [0.25, 0.3) is 5.91 Å². The zero-order valence-electron chi connectivity index (χ0n) is 27.3. The van der Waals surface area contributed by atoms with Crippen LogP contribution in [0.4, 0.5) is 8.78 Å². The largest absolute Gasteiger partial charge is 0.619 e. The van der Waals surface area contributed by atoms with E-state index < -0.39 is 28.7 Å². The molecule has 1 aromatic heterocycles. The Morgan fingerprint density at radius 3 is 2.32 bits per heavy atom. The van der Waals surface area contributed by atoms with E-state index in [9.17, 15) is 32.0 Å². The Hall–Kier alpha value is -3.76. The van der Waals surface area contributed by atoms with E-state index in [0.717, 1.165) is 25.2 Å². The highest BCUT2D eigenvalue weighted by Gasteiger charge is 2.31. The van der Waals surface area contributed by atoms with Gasteiger partial charge in [-0.25, -0.2) is 8.42 Å². The molecule has 3 aromatic rings. The van der Waals surface area contributed by atoms with Gasteiger partial charge < -0.3 is 24.3 Å². The van der Waals surface area contributed by atoms with Crippen molar-refractivity contribution in [3.63, 3.8) is 0 Å². The van der Waals surface area contributed by atoms with Crippen LogP contribution in [0.25, 0.3) is 0 Å². The van der Waals surface area contributed by atoms with Crippen LogP contribution in [-0.2, 0) is 26.0 Å². The van der Waals surface area contributed by atoms with E-state index in [1.807, 2.05) is 0 Å². The number of hydrogen-bond acceptors (Lipinski definition) is 9.